The van der Waals surface area contributed by atoms with E-state index >= 15 is 0 Å². The Balaban J connectivity index is 2.04. The lowest BCUT2D eigenvalue weighted by Gasteiger charge is -2.04. The van der Waals surface area contributed by atoms with Crippen molar-refractivity contribution < 1.29 is 9.53 Å². The van der Waals surface area contributed by atoms with Gasteiger partial charge in [-0.15, -0.1) is 0 Å². The van der Waals surface area contributed by atoms with Gasteiger partial charge in [-0.1, -0.05) is 18.2 Å². The highest BCUT2D eigenvalue weighted by Gasteiger charge is 2.06. The summed E-state index contributed by atoms with van der Waals surface area (Å²) in [6.45, 7) is 0. The maximum Gasteiger partial charge on any atom is 0.337 e. The first kappa shape index (κ1) is 13.1. The normalized spacial score (nSPS) is 10.5. The van der Waals surface area contributed by atoms with Crippen molar-refractivity contribution in [2.24, 2.45) is 0 Å². The number of hydrogen-bond donors (Lipinski definition) is 1. The molecular formula is C16H12N2O3. The maximum atomic E-state index is 11.6. The van der Waals surface area contributed by atoms with Crippen LogP contribution in [-0.2, 0) is 4.74 Å². The number of fused-ring (bicyclic) bond motifs is 1. The second-order valence-electron chi connectivity index (χ2n) is 4.53. The summed E-state index contributed by atoms with van der Waals surface area (Å²) in [5.41, 5.74) is 2.83. The van der Waals surface area contributed by atoms with Crippen LogP contribution in [0.4, 0.5) is 0 Å². The number of carbonyl (C=O) groups excluding carboxylic acids is 1. The van der Waals surface area contributed by atoms with Gasteiger partial charge in [0, 0.05) is 0 Å². The van der Waals surface area contributed by atoms with Gasteiger partial charge < -0.3 is 9.72 Å². The topological polar surface area (TPSA) is 72.1 Å². The molecular weight excluding hydrogens is 268 g/mol. The van der Waals surface area contributed by atoms with Gasteiger partial charge >= 0.3 is 5.97 Å². The summed E-state index contributed by atoms with van der Waals surface area (Å²) in [5, 5.41) is 0.549. The lowest BCUT2D eigenvalue weighted by atomic mass is 10.0. The van der Waals surface area contributed by atoms with Gasteiger partial charge in [0.05, 0.1) is 29.9 Å². The molecule has 0 spiro atoms. The predicted octanol–water partition coefficient (Wildman–Crippen LogP) is 2.38. The fourth-order valence-corrected chi connectivity index (χ4v) is 2.16. The Morgan fingerprint density at radius 2 is 1.81 bits per heavy atom. The number of esters is 1. The van der Waals surface area contributed by atoms with Crippen LogP contribution >= 0.6 is 0 Å². The zero-order valence-electron chi connectivity index (χ0n) is 11.3. The summed E-state index contributed by atoms with van der Waals surface area (Å²) in [5.74, 6) is -0.367. The molecule has 0 aliphatic heterocycles. The Morgan fingerprint density at radius 3 is 2.52 bits per heavy atom. The number of nitrogens with zero attached hydrogens (tertiary/aromatic N) is 1. The highest BCUT2D eigenvalue weighted by molar-refractivity contribution is 5.90. The minimum Gasteiger partial charge on any atom is -0.465 e. The van der Waals surface area contributed by atoms with Gasteiger partial charge in [-0.05, 0) is 35.4 Å². The van der Waals surface area contributed by atoms with Crippen LogP contribution in [-0.4, -0.2) is 23.0 Å². The van der Waals surface area contributed by atoms with E-state index in [4.69, 9.17) is 0 Å². The first-order valence-corrected chi connectivity index (χ1v) is 6.35. The smallest absolute Gasteiger partial charge is 0.337 e. The van der Waals surface area contributed by atoms with E-state index in [9.17, 15) is 9.59 Å². The van der Waals surface area contributed by atoms with Crippen molar-refractivity contribution in [3.63, 3.8) is 0 Å². The van der Waals surface area contributed by atoms with Crippen molar-refractivity contribution in [1.29, 1.82) is 0 Å². The number of rotatable bonds is 2. The maximum absolute atomic E-state index is 11.6. The molecule has 0 aliphatic carbocycles. The first-order valence-electron chi connectivity index (χ1n) is 6.35. The van der Waals surface area contributed by atoms with E-state index in [1.807, 2.05) is 24.3 Å². The molecule has 2 aromatic carbocycles. The van der Waals surface area contributed by atoms with Crippen molar-refractivity contribution in [3.8, 4) is 11.1 Å². The van der Waals surface area contributed by atoms with Crippen LogP contribution < -0.4 is 5.56 Å². The predicted molar refractivity (Wildman–Crippen MR) is 79.1 cm³/mol. The first-order chi connectivity index (χ1) is 10.2. The fourth-order valence-electron chi connectivity index (χ4n) is 2.16. The highest BCUT2D eigenvalue weighted by Crippen LogP contribution is 2.22. The Hall–Kier alpha value is -2.95. The number of ether oxygens (including phenoxy) is 1. The number of hydrogen-bond acceptors (Lipinski definition) is 4. The Bertz CT molecular complexity index is 867. The van der Waals surface area contributed by atoms with E-state index < -0.39 is 0 Å². The quantitative estimate of drug-likeness (QED) is 0.731. The van der Waals surface area contributed by atoms with Crippen molar-refractivity contribution in [2.75, 3.05) is 7.11 Å². The van der Waals surface area contributed by atoms with E-state index in [2.05, 4.69) is 14.7 Å². The van der Waals surface area contributed by atoms with Crippen molar-refractivity contribution in [1.82, 2.24) is 9.97 Å². The van der Waals surface area contributed by atoms with E-state index in [0.717, 1.165) is 11.1 Å². The molecule has 1 aromatic heterocycles. The molecule has 0 fully saturated rings. The van der Waals surface area contributed by atoms with Crippen molar-refractivity contribution in [2.45, 2.75) is 0 Å². The molecule has 0 saturated carbocycles. The van der Waals surface area contributed by atoms with Crippen molar-refractivity contribution in [3.05, 3.63) is 64.7 Å². The largest absolute Gasteiger partial charge is 0.465 e. The molecule has 0 saturated heterocycles. The average Bonchev–Trinajstić information content (AvgIpc) is 2.54. The molecule has 0 radical (unpaired) electrons. The van der Waals surface area contributed by atoms with Crippen LogP contribution in [0.3, 0.4) is 0 Å². The van der Waals surface area contributed by atoms with Gasteiger partial charge in [-0.3, -0.25) is 4.79 Å². The molecule has 5 nitrogen and oxygen atoms in total. The highest BCUT2D eigenvalue weighted by atomic mass is 16.5. The molecule has 1 heterocycles. The van der Waals surface area contributed by atoms with Crippen LogP contribution in [0.2, 0.25) is 0 Å². The minimum atomic E-state index is -0.367. The summed E-state index contributed by atoms with van der Waals surface area (Å²) >= 11 is 0. The number of H-pyrrole nitrogens is 1. The van der Waals surface area contributed by atoms with E-state index in [-0.39, 0.29) is 11.5 Å². The van der Waals surface area contributed by atoms with Crippen LogP contribution in [0.25, 0.3) is 22.0 Å². The molecule has 0 aliphatic rings. The lowest BCUT2D eigenvalue weighted by Crippen LogP contribution is -2.05. The molecule has 0 amide bonds. The second-order valence-corrected chi connectivity index (χ2v) is 4.53. The van der Waals surface area contributed by atoms with Crippen LogP contribution in [0.5, 0.6) is 0 Å². The number of aromatic nitrogens is 2. The van der Waals surface area contributed by atoms with Gasteiger partial charge in [-0.2, -0.15) is 0 Å². The molecule has 0 atom stereocenters. The molecule has 3 aromatic rings. The third kappa shape index (κ3) is 2.41. The van der Waals surface area contributed by atoms with Crippen LogP contribution in [0.1, 0.15) is 10.4 Å². The lowest BCUT2D eigenvalue weighted by molar-refractivity contribution is 0.0601. The molecule has 0 unspecified atom stereocenters. The SMILES string of the molecule is COC(=O)c1ccc(-c2ccc3c(=O)[nH]cnc3c2)cc1. The third-order valence-electron chi connectivity index (χ3n) is 3.28. The number of carbonyl (C=O) groups is 1. The van der Waals surface area contributed by atoms with Gasteiger partial charge in [0.25, 0.3) is 5.56 Å². The Labute approximate surface area is 120 Å². The molecule has 1 N–H and O–H groups in total. The number of benzene rings is 2. The van der Waals surface area contributed by atoms with E-state index in [1.165, 1.54) is 13.4 Å². The third-order valence-corrected chi connectivity index (χ3v) is 3.28. The fraction of sp³-hybridized carbons (Fsp3) is 0.0625. The van der Waals surface area contributed by atoms with Gasteiger partial charge in [0.15, 0.2) is 0 Å². The molecule has 3 rings (SSSR count). The number of methoxy groups -OCH3 is 1. The molecule has 104 valence electrons. The zero-order chi connectivity index (χ0) is 14.8. The number of nitrogens with one attached hydrogen (secondary N) is 1. The minimum absolute atomic E-state index is 0.160. The molecule has 5 heteroatoms. The summed E-state index contributed by atoms with van der Waals surface area (Å²) in [4.78, 5) is 29.7. The van der Waals surface area contributed by atoms with Crippen molar-refractivity contribution >= 4 is 16.9 Å². The Kier molecular flexibility index (Phi) is 3.23. The summed E-state index contributed by atoms with van der Waals surface area (Å²) < 4.78 is 4.67. The monoisotopic (exact) mass is 280 g/mol. The van der Waals surface area contributed by atoms with Gasteiger partial charge in [-0.25, -0.2) is 9.78 Å². The van der Waals surface area contributed by atoms with Crippen LogP contribution in [0, 0.1) is 0 Å². The summed E-state index contributed by atoms with van der Waals surface area (Å²) in [6, 6.07) is 12.5. The summed E-state index contributed by atoms with van der Waals surface area (Å²) in [7, 11) is 1.35. The molecule has 0 bridgehead atoms. The zero-order valence-corrected chi connectivity index (χ0v) is 11.3. The standard InChI is InChI=1S/C16H12N2O3/c1-21-16(20)11-4-2-10(3-5-11)12-6-7-13-14(8-12)17-9-18-15(13)19/h2-9H,1H3,(H,17,18,19). The van der Waals surface area contributed by atoms with Gasteiger partial charge in [0.2, 0.25) is 0 Å². The Morgan fingerprint density at radius 1 is 1.10 bits per heavy atom. The average molecular weight is 280 g/mol. The van der Waals surface area contributed by atoms with E-state index in [0.29, 0.717) is 16.5 Å². The van der Waals surface area contributed by atoms with E-state index in [1.54, 1.807) is 18.2 Å². The summed E-state index contributed by atoms with van der Waals surface area (Å²) in [6.07, 6.45) is 1.38. The van der Waals surface area contributed by atoms with Gasteiger partial charge in [0.1, 0.15) is 0 Å². The second kappa shape index (κ2) is 5.20. The molecule has 21 heavy (non-hydrogen) atoms. The number of aromatic amines is 1. The van der Waals surface area contributed by atoms with Crippen LogP contribution in [0.15, 0.2) is 53.6 Å².